The van der Waals surface area contributed by atoms with E-state index in [1.807, 2.05) is 0 Å². The van der Waals surface area contributed by atoms with Gasteiger partial charge in [-0.3, -0.25) is 14.3 Å². The lowest BCUT2D eigenvalue weighted by atomic mass is 9.94. The Hall–Kier alpha value is -2.25. The van der Waals surface area contributed by atoms with E-state index in [1.54, 1.807) is 22.8 Å². The summed E-state index contributed by atoms with van der Waals surface area (Å²) < 4.78 is 17.5. The molecule has 0 aliphatic carbocycles. The minimum Gasteiger partial charge on any atom is -0.368 e. The molecule has 0 saturated carbocycles. The molecule has 2 atom stereocenters. The molecule has 30 heavy (non-hydrogen) atoms. The molecule has 2 aromatic heterocycles. The predicted octanol–water partition coefficient (Wildman–Crippen LogP) is 4.01. The number of nitrogens with zero attached hydrogens (tertiary/aromatic N) is 4. The third-order valence-corrected chi connectivity index (χ3v) is 7.35. The number of halogens is 1. The van der Waals surface area contributed by atoms with Crippen LogP contribution < -0.4 is 10.5 Å². The van der Waals surface area contributed by atoms with Gasteiger partial charge in [0.1, 0.15) is 5.82 Å². The van der Waals surface area contributed by atoms with Crippen LogP contribution in [-0.2, 0) is 6.54 Å². The fraction of sp³-hybridized carbons (Fsp3) is 0.478. The molecule has 3 aromatic rings. The Balaban J connectivity index is 1.18. The standard InChI is InChI=1S/C23H27FN4OS/c1-16-13-22(29)28-15-17(14-19(24)23(28)25-16)5-7-26-8-10-27(11-9-26)20-3-2-4-21-18(20)6-12-30-21/h2-4,6,12-13,17,19H,5,7-11,14-15H2,1H3. The molecule has 5 nitrogen and oxygen atoms in total. The summed E-state index contributed by atoms with van der Waals surface area (Å²) in [5.41, 5.74) is 1.81. The third-order valence-electron chi connectivity index (χ3n) is 6.47. The average molecular weight is 427 g/mol. The number of fused-ring (bicyclic) bond motifs is 2. The van der Waals surface area contributed by atoms with E-state index >= 15 is 0 Å². The third kappa shape index (κ3) is 3.76. The summed E-state index contributed by atoms with van der Waals surface area (Å²) >= 11 is 1.79. The van der Waals surface area contributed by atoms with Crippen LogP contribution >= 0.6 is 11.3 Å². The zero-order valence-electron chi connectivity index (χ0n) is 17.3. The van der Waals surface area contributed by atoms with Crippen LogP contribution in [0.2, 0.25) is 0 Å². The predicted molar refractivity (Wildman–Crippen MR) is 120 cm³/mol. The molecular weight excluding hydrogens is 399 g/mol. The van der Waals surface area contributed by atoms with Gasteiger partial charge in [-0.05, 0) is 55.8 Å². The van der Waals surface area contributed by atoms with Gasteiger partial charge in [0.05, 0.1) is 0 Å². The van der Waals surface area contributed by atoms with Crippen molar-refractivity contribution in [1.82, 2.24) is 14.5 Å². The summed E-state index contributed by atoms with van der Waals surface area (Å²) in [6, 6.07) is 10.3. The van der Waals surface area contributed by atoms with Crippen molar-refractivity contribution in [3.63, 3.8) is 0 Å². The van der Waals surface area contributed by atoms with Crippen LogP contribution in [0.15, 0.2) is 40.5 Å². The minimum absolute atomic E-state index is 0.124. The van der Waals surface area contributed by atoms with Crippen molar-refractivity contribution in [2.24, 2.45) is 5.92 Å². The molecule has 4 heterocycles. The molecule has 5 rings (SSSR count). The van der Waals surface area contributed by atoms with Gasteiger partial charge in [0.15, 0.2) is 6.17 Å². The number of benzene rings is 1. The molecule has 0 spiro atoms. The second-order valence-electron chi connectivity index (χ2n) is 8.50. The monoisotopic (exact) mass is 426 g/mol. The average Bonchev–Trinajstić information content (AvgIpc) is 3.22. The van der Waals surface area contributed by atoms with E-state index < -0.39 is 6.17 Å². The van der Waals surface area contributed by atoms with Gasteiger partial charge in [0.25, 0.3) is 5.56 Å². The fourth-order valence-corrected chi connectivity index (χ4v) is 5.64. The van der Waals surface area contributed by atoms with Crippen LogP contribution in [-0.4, -0.2) is 47.2 Å². The van der Waals surface area contributed by atoms with E-state index in [-0.39, 0.29) is 11.5 Å². The molecule has 0 amide bonds. The minimum atomic E-state index is -1.14. The molecule has 158 valence electrons. The van der Waals surface area contributed by atoms with Crippen molar-refractivity contribution in [1.29, 1.82) is 0 Å². The Morgan fingerprint density at radius 2 is 2.03 bits per heavy atom. The van der Waals surface area contributed by atoms with Crippen LogP contribution in [0, 0.1) is 12.8 Å². The first-order chi connectivity index (χ1) is 14.6. The van der Waals surface area contributed by atoms with Gasteiger partial charge >= 0.3 is 0 Å². The van der Waals surface area contributed by atoms with Gasteiger partial charge in [-0.25, -0.2) is 9.37 Å². The second-order valence-corrected chi connectivity index (χ2v) is 9.45. The van der Waals surface area contributed by atoms with E-state index in [2.05, 4.69) is 44.4 Å². The number of thiophene rings is 1. The largest absolute Gasteiger partial charge is 0.368 e. The fourth-order valence-electron chi connectivity index (χ4n) is 4.84. The number of hydrogen-bond acceptors (Lipinski definition) is 5. The molecule has 0 radical (unpaired) electrons. The van der Waals surface area contributed by atoms with Gasteiger partial charge in [-0.1, -0.05) is 6.07 Å². The first-order valence-corrected chi connectivity index (χ1v) is 11.6. The number of hydrogen-bond donors (Lipinski definition) is 0. The van der Waals surface area contributed by atoms with Crippen LogP contribution in [0.5, 0.6) is 0 Å². The van der Waals surface area contributed by atoms with Gasteiger partial charge in [0.2, 0.25) is 0 Å². The Bertz CT molecular complexity index is 1100. The molecule has 7 heteroatoms. The van der Waals surface area contributed by atoms with Crippen LogP contribution in [0.4, 0.5) is 10.1 Å². The number of aromatic nitrogens is 2. The molecule has 1 fully saturated rings. The summed E-state index contributed by atoms with van der Waals surface area (Å²) in [6.07, 6.45) is 0.246. The summed E-state index contributed by atoms with van der Waals surface area (Å²) in [6.45, 7) is 7.35. The number of alkyl halides is 1. The van der Waals surface area contributed by atoms with E-state index in [9.17, 15) is 9.18 Å². The molecule has 0 N–H and O–H groups in total. The summed E-state index contributed by atoms with van der Waals surface area (Å²) in [4.78, 5) is 21.5. The highest BCUT2D eigenvalue weighted by Crippen LogP contribution is 2.33. The lowest BCUT2D eigenvalue weighted by Crippen LogP contribution is -2.47. The van der Waals surface area contributed by atoms with Crippen molar-refractivity contribution in [2.75, 3.05) is 37.6 Å². The number of aryl methyl sites for hydroxylation is 1. The van der Waals surface area contributed by atoms with Crippen molar-refractivity contribution >= 4 is 27.1 Å². The lowest BCUT2D eigenvalue weighted by Gasteiger charge is -2.37. The smallest absolute Gasteiger partial charge is 0.253 e. The highest BCUT2D eigenvalue weighted by atomic mass is 32.1. The quantitative estimate of drug-likeness (QED) is 0.632. The zero-order chi connectivity index (χ0) is 20.7. The Labute approximate surface area is 179 Å². The molecule has 2 aliphatic rings. The Morgan fingerprint density at radius 1 is 1.20 bits per heavy atom. The first kappa shape index (κ1) is 19.7. The summed E-state index contributed by atoms with van der Waals surface area (Å²) in [5.74, 6) is 0.500. The summed E-state index contributed by atoms with van der Waals surface area (Å²) in [5, 5.41) is 3.51. The second kappa shape index (κ2) is 8.12. The maximum Gasteiger partial charge on any atom is 0.253 e. The molecule has 1 saturated heterocycles. The maximum absolute atomic E-state index is 14.7. The van der Waals surface area contributed by atoms with E-state index in [0.717, 1.165) is 39.1 Å². The van der Waals surface area contributed by atoms with E-state index in [0.29, 0.717) is 24.5 Å². The SMILES string of the molecule is Cc1cc(=O)n2c(n1)C(F)CC(CCN1CCN(c3cccc4sccc34)CC1)C2. The van der Waals surface area contributed by atoms with Crippen molar-refractivity contribution in [2.45, 2.75) is 32.5 Å². The van der Waals surface area contributed by atoms with Crippen LogP contribution in [0.25, 0.3) is 10.1 Å². The van der Waals surface area contributed by atoms with Gasteiger partial charge in [-0.2, -0.15) is 0 Å². The van der Waals surface area contributed by atoms with Crippen LogP contribution in [0.1, 0.15) is 30.5 Å². The zero-order valence-corrected chi connectivity index (χ0v) is 18.1. The first-order valence-electron chi connectivity index (χ1n) is 10.7. The van der Waals surface area contributed by atoms with Crippen molar-refractivity contribution in [3.8, 4) is 0 Å². The van der Waals surface area contributed by atoms with Gasteiger partial charge < -0.3 is 4.90 Å². The molecule has 1 aromatic carbocycles. The normalized spacial score (nSPS) is 22.4. The number of rotatable bonds is 4. The highest BCUT2D eigenvalue weighted by Gasteiger charge is 2.29. The Morgan fingerprint density at radius 3 is 2.87 bits per heavy atom. The molecule has 2 unspecified atom stereocenters. The maximum atomic E-state index is 14.7. The van der Waals surface area contributed by atoms with E-state index in [1.165, 1.54) is 21.8 Å². The Kier molecular flexibility index (Phi) is 5.33. The van der Waals surface area contributed by atoms with Crippen molar-refractivity contribution < 1.29 is 4.39 Å². The number of piperazine rings is 1. The highest BCUT2D eigenvalue weighted by molar-refractivity contribution is 7.17. The molecular formula is C23H27FN4OS. The van der Waals surface area contributed by atoms with Gasteiger partial charge in [-0.15, -0.1) is 11.3 Å². The van der Waals surface area contributed by atoms with Crippen LogP contribution in [0.3, 0.4) is 0 Å². The van der Waals surface area contributed by atoms with E-state index in [4.69, 9.17) is 0 Å². The van der Waals surface area contributed by atoms with Gasteiger partial charge in [0, 0.05) is 60.3 Å². The molecule has 0 bridgehead atoms. The summed E-state index contributed by atoms with van der Waals surface area (Å²) in [7, 11) is 0. The number of anilines is 1. The lowest BCUT2D eigenvalue weighted by molar-refractivity contribution is 0.167. The van der Waals surface area contributed by atoms with Crippen molar-refractivity contribution in [3.05, 3.63) is 57.6 Å². The topological polar surface area (TPSA) is 41.4 Å². The molecule has 2 aliphatic heterocycles.